The molecule has 0 atom stereocenters. The predicted molar refractivity (Wildman–Crippen MR) is 95.2 cm³/mol. The van der Waals surface area contributed by atoms with Crippen LogP contribution >= 0.6 is 12.4 Å². The van der Waals surface area contributed by atoms with Gasteiger partial charge in [0.15, 0.2) is 0 Å². The van der Waals surface area contributed by atoms with Gasteiger partial charge in [0.2, 0.25) is 0 Å². The average Bonchev–Trinajstić information content (AvgIpc) is 2.56. The highest BCUT2D eigenvalue weighted by atomic mass is 35.5. The van der Waals surface area contributed by atoms with Crippen LogP contribution in [0.25, 0.3) is 0 Å². The molecular weight excluding hydrogens is 312 g/mol. The fourth-order valence-corrected chi connectivity index (χ4v) is 1.99. The number of nitrogens with one attached hydrogen (secondary N) is 1. The van der Waals surface area contributed by atoms with Gasteiger partial charge < -0.3 is 15.8 Å². The van der Waals surface area contributed by atoms with Crippen LogP contribution in [0.3, 0.4) is 0 Å². The van der Waals surface area contributed by atoms with E-state index in [0.717, 1.165) is 17.7 Å². The molecule has 3 N–H and O–H groups in total. The van der Waals surface area contributed by atoms with Crippen molar-refractivity contribution in [2.24, 2.45) is 5.73 Å². The highest BCUT2D eigenvalue weighted by Crippen LogP contribution is 2.11. The van der Waals surface area contributed by atoms with Crippen LogP contribution in [0.1, 0.15) is 27.9 Å². The second-order valence-electron chi connectivity index (χ2n) is 5.17. The predicted octanol–water partition coefficient (Wildman–Crippen LogP) is 3.07. The number of benzene rings is 2. The maximum atomic E-state index is 11.9. The lowest BCUT2D eigenvalue weighted by molar-refractivity contribution is 0.0951. The van der Waals surface area contributed by atoms with Crippen LogP contribution in [0.5, 0.6) is 5.75 Å². The van der Waals surface area contributed by atoms with Gasteiger partial charge in [-0.1, -0.05) is 29.8 Å². The highest BCUT2D eigenvalue weighted by molar-refractivity contribution is 5.94. The normalized spacial score (nSPS) is 9.83. The van der Waals surface area contributed by atoms with Crippen LogP contribution in [0.4, 0.5) is 0 Å². The molecule has 0 radical (unpaired) electrons. The first kappa shape index (κ1) is 19.0. The van der Waals surface area contributed by atoms with Crippen LogP contribution in [-0.2, 0) is 6.54 Å². The first-order chi connectivity index (χ1) is 10.7. The van der Waals surface area contributed by atoms with Crippen molar-refractivity contribution in [2.45, 2.75) is 19.9 Å². The second-order valence-corrected chi connectivity index (χ2v) is 5.17. The van der Waals surface area contributed by atoms with Crippen LogP contribution in [-0.4, -0.2) is 19.1 Å². The number of hydrogen-bond donors (Lipinski definition) is 2. The topological polar surface area (TPSA) is 64.3 Å². The van der Waals surface area contributed by atoms with Gasteiger partial charge in [-0.3, -0.25) is 4.79 Å². The van der Waals surface area contributed by atoms with Crippen molar-refractivity contribution in [2.75, 3.05) is 13.2 Å². The fourth-order valence-electron chi connectivity index (χ4n) is 1.99. The number of ether oxygens (including phenoxy) is 1. The number of carbonyl (C=O) groups excluding carboxylic acids is 1. The Morgan fingerprint density at radius 3 is 2.35 bits per heavy atom. The van der Waals surface area contributed by atoms with E-state index in [1.54, 1.807) is 12.1 Å². The molecule has 0 saturated carbocycles. The molecule has 2 rings (SSSR count). The molecule has 1 amide bonds. The summed E-state index contributed by atoms with van der Waals surface area (Å²) in [5.74, 6) is 0.785. The van der Waals surface area contributed by atoms with Gasteiger partial charge in [-0.15, -0.1) is 12.4 Å². The van der Waals surface area contributed by atoms with E-state index in [2.05, 4.69) is 5.32 Å². The lowest BCUT2D eigenvalue weighted by atomic mass is 10.1. The number of amides is 1. The lowest BCUT2D eigenvalue weighted by Gasteiger charge is -2.08. The largest absolute Gasteiger partial charge is 0.494 e. The third-order valence-electron chi connectivity index (χ3n) is 3.35. The Morgan fingerprint density at radius 2 is 1.74 bits per heavy atom. The molecule has 0 aliphatic carbocycles. The highest BCUT2D eigenvalue weighted by Gasteiger charge is 2.04. The molecule has 0 aliphatic rings. The minimum Gasteiger partial charge on any atom is -0.494 e. The summed E-state index contributed by atoms with van der Waals surface area (Å²) < 4.78 is 5.61. The molecule has 124 valence electrons. The third-order valence-corrected chi connectivity index (χ3v) is 3.35. The van der Waals surface area contributed by atoms with E-state index in [-0.39, 0.29) is 18.3 Å². The van der Waals surface area contributed by atoms with E-state index in [1.807, 2.05) is 43.3 Å². The Morgan fingerprint density at radius 1 is 1.09 bits per heavy atom. The van der Waals surface area contributed by atoms with Gasteiger partial charge in [-0.25, -0.2) is 0 Å². The van der Waals surface area contributed by atoms with Gasteiger partial charge in [0.25, 0.3) is 5.91 Å². The first-order valence-corrected chi connectivity index (χ1v) is 7.46. The zero-order chi connectivity index (χ0) is 15.8. The van der Waals surface area contributed by atoms with Crippen molar-refractivity contribution in [3.8, 4) is 5.75 Å². The molecule has 0 fully saturated rings. The molecule has 0 bridgehead atoms. The molecule has 0 aliphatic heterocycles. The zero-order valence-corrected chi connectivity index (χ0v) is 14.1. The summed E-state index contributed by atoms with van der Waals surface area (Å²) in [5.41, 5.74) is 8.41. The summed E-state index contributed by atoms with van der Waals surface area (Å²) in [6, 6.07) is 15.3. The smallest absolute Gasteiger partial charge is 0.251 e. The summed E-state index contributed by atoms with van der Waals surface area (Å²) in [4.78, 5) is 11.9. The van der Waals surface area contributed by atoms with Crippen molar-refractivity contribution < 1.29 is 9.53 Å². The first-order valence-electron chi connectivity index (χ1n) is 7.46. The monoisotopic (exact) mass is 334 g/mol. The number of nitrogens with two attached hydrogens (primary N) is 1. The number of rotatable bonds is 7. The van der Waals surface area contributed by atoms with Gasteiger partial charge in [-0.05, 0) is 43.2 Å². The van der Waals surface area contributed by atoms with Crippen LogP contribution in [0.2, 0.25) is 0 Å². The van der Waals surface area contributed by atoms with E-state index >= 15 is 0 Å². The van der Waals surface area contributed by atoms with Crippen molar-refractivity contribution in [3.05, 3.63) is 65.2 Å². The van der Waals surface area contributed by atoms with Gasteiger partial charge in [0, 0.05) is 18.7 Å². The minimum absolute atomic E-state index is 0. The zero-order valence-electron chi connectivity index (χ0n) is 13.2. The van der Waals surface area contributed by atoms with E-state index in [0.29, 0.717) is 25.3 Å². The molecule has 2 aromatic carbocycles. The fraction of sp³-hybridized carbons (Fsp3) is 0.278. The number of hydrogen-bond acceptors (Lipinski definition) is 3. The number of halogens is 1. The molecule has 5 heteroatoms. The Bertz CT molecular complexity index is 597. The Labute approximate surface area is 143 Å². The number of carbonyl (C=O) groups is 1. The maximum absolute atomic E-state index is 11.9. The molecule has 0 spiro atoms. The van der Waals surface area contributed by atoms with Gasteiger partial charge in [-0.2, -0.15) is 0 Å². The van der Waals surface area contributed by atoms with Crippen molar-refractivity contribution in [1.29, 1.82) is 0 Å². The van der Waals surface area contributed by atoms with Crippen LogP contribution < -0.4 is 15.8 Å². The molecule has 0 saturated heterocycles. The van der Waals surface area contributed by atoms with E-state index < -0.39 is 0 Å². The Balaban J connectivity index is 0.00000264. The third kappa shape index (κ3) is 6.30. The maximum Gasteiger partial charge on any atom is 0.251 e. The molecule has 23 heavy (non-hydrogen) atoms. The Hall–Kier alpha value is -2.04. The lowest BCUT2D eigenvalue weighted by Crippen LogP contribution is -2.25. The van der Waals surface area contributed by atoms with Crippen molar-refractivity contribution in [1.82, 2.24) is 5.32 Å². The Kier molecular flexibility index (Phi) is 8.16. The van der Waals surface area contributed by atoms with Crippen molar-refractivity contribution in [3.63, 3.8) is 0 Å². The standard InChI is InChI=1S/C18H22N2O2.ClH/c1-14-3-9-17(10-4-14)22-12-2-11-20-18(21)16-7-5-15(13-19)6-8-16;/h3-10H,2,11-13,19H2,1H3,(H,20,21);1H. The van der Waals surface area contributed by atoms with E-state index in [1.165, 1.54) is 5.56 Å². The molecule has 2 aromatic rings. The molecule has 0 aromatic heterocycles. The molecule has 4 nitrogen and oxygen atoms in total. The second kappa shape index (κ2) is 9.87. The summed E-state index contributed by atoms with van der Waals surface area (Å²) in [6.07, 6.45) is 0.764. The van der Waals surface area contributed by atoms with E-state index in [4.69, 9.17) is 10.5 Å². The SMILES string of the molecule is Cc1ccc(OCCCNC(=O)c2ccc(CN)cc2)cc1.Cl. The summed E-state index contributed by atoms with van der Waals surface area (Å²) >= 11 is 0. The quantitative estimate of drug-likeness (QED) is 0.765. The summed E-state index contributed by atoms with van der Waals surface area (Å²) in [7, 11) is 0. The molecular formula is C18H23ClN2O2. The summed E-state index contributed by atoms with van der Waals surface area (Å²) in [6.45, 7) is 3.69. The minimum atomic E-state index is -0.0705. The molecule has 0 unspecified atom stereocenters. The average molecular weight is 335 g/mol. The van der Waals surface area contributed by atoms with Gasteiger partial charge >= 0.3 is 0 Å². The molecule has 0 heterocycles. The van der Waals surface area contributed by atoms with Crippen molar-refractivity contribution >= 4 is 18.3 Å². The van der Waals surface area contributed by atoms with Crippen LogP contribution in [0, 0.1) is 6.92 Å². The van der Waals surface area contributed by atoms with E-state index in [9.17, 15) is 4.79 Å². The van der Waals surface area contributed by atoms with Gasteiger partial charge in [0.1, 0.15) is 5.75 Å². The number of aryl methyl sites for hydroxylation is 1. The van der Waals surface area contributed by atoms with Gasteiger partial charge in [0.05, 0.1) is 6.61 Å². The summed E-state index contributed by atoms with van der Waals surface area (Å²) in [5, 5.41) is 2.88. The van der Waals surface area contributed by atoms with Crippen LogP contribution in [0.15, 0.2) is 48.5 Å².